The molecule has 2 heterocycles. The van der Waals surface area contributed by atoms with Crippen LogP contribution >= 0.6 is 15.9 Å². The van der Waals surface area contributed by atoms with Gasteiger partial charge in [0.25, 0.3) is 5.69 Å². The smallest absolute Gasteiger partial charge is 0.357 e. The number of carbonyl (C=O) groups excluding carboxylic acids is 1. The van der Waals surface area contributed by atoms with E-state index in [0.717, 1.165) is 0 Å². The van der Waals surface area contributed by atoms with Crippen LogP contribution in [0, 0.1) is 10.1 Å². The van der Waals surface area contributed by atoms with Crippen molar-refractivity contribution < 1.29 is 19.2 Å². The van der Waals surface area contributed by atoms with Crippen LogP contribution in [-0.2, 0) is 21.6 Å². The van der Waals surface area contributed by atoms with Crippen LogP contribution in [0.4, 0.5) is 5.69 Å². The number of esters is 1. The van der Waals surface area contributed by atoms with Crippen molar-refractivity contribution in [1.29, 1.82) is 0 Å². The molecule has 0 radical (unpaired) electrons. The molecule has 1 aromatic carbocycles. The van der Waals surface area contributed by atoms with Gasteiger partial charge in [-0.3, -0.25) is 19.7 Å². The molecule has 0 amide bonds. The van der Waals surface area contributed by atoms with E-state index < -0.39 is 22.2 Å². The first-order valence-corrected chi connectivity index (χ1v) is 10.1. The highest BCUT2D eigenvalue weighted by molar-refractivity contribution is 9.10. The number of hydrogen-bond acceptors (Lipinski definition) is 7. The Balaban J connectivity index is 2.13. The molecule has 2 aromatic rings. The Morgan fingerprint density at radius 1 is 1.47 bits per heavy atom. The van der Waals surface area contributed by atoms with E-state index in [9.17, 15) is 14.9 Å². The van der Waals surface area contributed by atoms with Gasteiger partial charge in [-0.1, -0.05) is 12.1 Å². The van der Waals surface area contributed by atoms with Crippen LogP contribution in [0.1, 0.15) is 43.7 Å². The third kappa shape index (κ3) is 3.67. The number of halogens is 1. The average Bonchev–Trinajstić information content (AvgIpc) is 3.01. The third-order valence-corrected chi connectivity index (χ3v) is 5.63. The number of aromatic nitrogens is 2. The number of ether oxygens (including phenoxy) is 2. The topological polar surface area (TPSA) is 99.7 Å². The minimum absolute atomic E-state index is 0.0316. The Bertz CT molecular complexity index is 1020. The summed E-state index contributed by atoms with van der Waals surface area (Å²) in [5.74, 6) is -0.0841. The molecule has 1 atom stereocenters. The molecule has 160 valence electrons. The third-order valence-electron chi connectivity index (χ3n) is 5.05. The molecular weight excluding hydrogens is 456 g/mol. The Kier molecular flexibility index (Phi) is 5.64. The highest BCUT2D eigenvalue weighted by Crippen LogP contribution is 2.47. The SMILES string of the molecule is C=C1OC(C)(C)N1C(C)(Cn1ncc(Br)c1C(=O)OCC)c1cccc([N+](=O)[O-])c1. The summed E-state index contributed by atoms with van der Waals surface area (Å²) in [5, 5.41) is 15.7. The minimum atomic E-state index is -0.864. The molecular formula is C20H23BrN4O5. The number of nitrogens with zero attached hydrogens (tertiary/aromatic N) is 4. The van der Waals surface area contributed by atoms with Gasteiger partial charge in [-0.05, 0) is 55.8 Å². The quantitative estimate of drug-likeness (QED) is 0.334. The summed E-state index contributed by atoms with van der Waals surface area (Å²) in [5.41, 5.74) is -0.674. The second-order valence-electron chi connectivity index (χ2n) is 7.58. The first-order valence-electron chi connectivity index (χ1n) is 9.33. The molecule has 1 unspecified atom stereocenters. The summed E-state index contributed by atoms with van der Waals surface area (Å²) in [6.45, 7) is 11.8. The summed E-state index contributed by atoms with van der Waals surface area (Å²) in [4.78, 5) is 25.4. The number of carbonyl (C=O) groups is 1. The van der Waals surface area contributed by atoms with E-state index in [1.54, 1.807) is 19.1 Å². The Hall–Kier alpha value is -2.88. The van der Waals surface area contributed by atoms with E-state index in [1.165, 1.54) is 23.0 Å². The van der Waals surface area contributed by atoms with Gasteiger partial charge in [-0.15, -0.1) is 0 Å². The summed E-state index contributed by atoms with van der Waals surface area (Å²) in [6, 6.07) is 6.39. The van der Waals surface area contributed by atoms with Gasteiger partial charge in [0.05, 0.1) is 34.3 Å². The van der Waals surface area contributed by atoms with Crippen LogP contribution < -0.4 is 0 Å². The molecule has 0 saturated carbocycles. The second-order valence-corrected chi connectivity index (χ2v) is 8.43. The van der Waals surface area contributed by atoms with Gasteiger partial charge in [0.15, 0.2) is 17.3 Å². The number of benzene rings is 1. The van der Waals surface area contributed by atoms with Crippen molar-refractivity contribution >= 4 is 27.6 Å². The normalized spacial score (nSPS) is 17.0. The fourth-order valence-electron chi connectivity index (χ4n) is 3.93. The molecule has 0 N–H and O–H groups in total. The number of nitro benzene ring substituents is 1. The van der Waals surface area contributed by atoms with E-state index in [4.69, 9.17) is 9.47 Å². The molecule has 0 aliphatic carbocycles. The second kappa shape index (κ2) is 7.75. The maximum absolute atomic E-state index is 12.5. The molecule has 1 saturated heterocycles. The molecule has 3 rings (SSSR count). The number of nitro groups is 1. The zero-order valence-corrected chi connectivity index (χ0v) is 18.8. The lowest BCUT2D eigenvalue weighted by atomic mass is 9.86. The molecule has 1 fully saturated rings. The maximum atomic E-state index is 12.5. The van der Waals surface area contributed by atoms with Crippen molar-refractivity contribution in [3.8, 4) is 0 Å². The predicted molar refractivity (Wildman–Crippen MR) is 112 cm³/mol. The lowest BCUT2D eigenvalue weighted by Gasteiger charge is -2.59. The van der Waals surface area contributed by atoms with Crippen LogP contribution in [0.25, 0.3) is 0 Å². The van der Waals surface area contributed by atoms with E-state index in [0.29, 0.717) is 15.9 Å². The van der Waals surface area contributed by atoms with Gasteiger partial charge in [0, 0.05) is 12.1 Å². The monoisotopic (exact) mass is 478 g/mol. The highest BCUT2D eigenvalue weighted by atomic mass is 79.9. The molecule has 0 bridgehead atoms. The first-order chi connectivity index (χ1) is 14.0. The van der Waals surface area contributed by atoms with Crippen LogP contribution in [0.5, 0.6) is 0 Å². The number of rotatable bonds is 7. The molecule has 30 heavy (non-hydrogen) atoms. The zero-order chi connectivity index (χ0) is 22.3. The largest absolute Gasteiger partial charge is 0.461 e. The van der Waals surface area contributed by atoms with Crippen molar-refractivity contribution in [2.24, 2.45) is 0 Å². The summed E-state index contributed by atoms with van der Waals surface area (Å²) in [6.07, 6.45) is 1.52. The molecule has 1 aliphatic rings. The predicted octanol–water partition coefficient (Wildman–Crippen LogP) is 4.19. The first kappa shape index (κ1) is 21.8. The van der Waals surface area contributed by atoms with Crippen molar-refractivity contribution in [1.82, 2.24) is 14.7 Å². The Labute approximate surface area is 182 Å². The number of non-ortho nitro benzene ring substituents is 1. The van der Waals surface area contributed by atoms with Crippen molar-refractivity contribution in [2.75, 3.05) is 6.61 Å². The van der Waals surface area contributed by atoms with Crippen molar-refractivity contribution in [3.63, 3.8) is 0 Å². The summed E-state index contributed by atoms with van der Waals surface area (Å²) < 4.78 is 12.9. The van der Waals surface area contributed by atoms with Gasteiger partial charge >= 0.3 is 5.97 Å². The molecule has 9 nitrogen and oxygen atoms in total. The van der Waals surface area contributed by atoms with Gasteiger partial charge < -0.3 is 9.47 Å². The Morgan fingerprint density at radius 2 is 2.17 bits per heavy atom. The summed E-state index contributed by atoms with van der Waals surface area (Å²) in [7, 11) is 0. The molecule has 10 heteroatoms. The zero-order valence-electron chi connectivity index (χ0n) is 17.2. The minimum Gasteiger partial charge on any atom is -0.461 e. The van der Waals surface area contributed by atoms with Crippen LogP contribution in [-0.4, -0.2) is 37.9 Å². The lowest BCUT2D eigenvalue weighted by molar-refractivity contribution is -0.385. The highest BCUT2D eigenvalue weighted by Gasteiger charge is 2.53. The van der Waals surface area contributed by atoms with Crippen LogP contribution in [0.3, 0.4) is 0 Å². The molecule has 0 spiro atoms. The Morgan fingerprint density at radius 3 is 2.73 bits per heavy atom. The van der Waals surface area contributed by atoms with Crippen molar-refractivity contribution in [2.45, 2.75) is 45.5 Å². The van der Waals surface area contributed by atoms with Crippen LogP contribution in [0.2, 0.25) is 0 Å². The molecule has 1 aromatic heterocycles. The van der Waals surface area contributed by atoms with Gasteiger partial charge in [0.1, 0.15) is 0 Å². The van der Waals surface area contributed by atoms with Gasteiger partial charge in [-0.25, -0.2) is 4.79 Å². The van der Waals surface area contributed by atoms with Gasteiger partial charge in [-0.2, -0.15) is 5.10 Å². The van der Waals surface area contributed by atoms with E-state index in [-0.39, 0.29) is 24.5 Å². The fraction of sp³-hybridized carbons (Fsp3) is 0.400. The van der Waals surface area contributed by atoms with E-state index in [1.807, 2.05) is 25.7 Å². The number of hydrogen-bond donors (Lipinski definition) is 0. The van der Waals surface area contributed by atoms with E-state index >= 15 is 0 Å². The molecule has 1 aliphatic heterocycles. The lowest BCUT2D eigenvalue weighted by Crippen LogP contribution is -2.65. The van der Waals surface area contributed by atoms with Crippen molar-refractivity contribution in [3.05, 3.63) is 68.8 Å². The maximum Gasteiger partial charge on any atom is 0.357 e. The fourth-order valence-corrected chi connectivity index (χ4v) is 4.39. The average molecular weight is 479 g/mol. The van der Waals surface area contributed by atoms with E-state index in [2.05, 4.69) is 27.6 Å². The van der Waals surface area contributed by atoms with Crippen LogP contribution in [0.15, 0.2) is 47.4 Å². The van der Waals surface area contributed by atoms with Gasteiger partial charge in [0.2, 0.25) is 0 Å². The summed E-state index contributed by atoms with van der Waals surface area (Å²) >= 11 is 3.36. The standard InChI is InChI=1S/C20H23BrN4O5/c1-6-29-18(26)17-16(21)11-22-23(17)12-20(5,24-13(2)30-19(24,3)4)14-8-7-9-15(10-14)25(27)28/h7-11H,2,6,12H2,1,3-5H3.